The summed E-state index contributed by atoms with van der Waals surface area (Å²) in [5.74, 6) is -0.937. The number of halogens is 3. The molecule has 0 aliphatic heterocycles. The van der Waals surface area contributed by atoms with Gasteiger partial charge in [-0.05, 0) is 42.1 Å². The van der Waals surface area contributed by atoms with Crippen molar-refractivity contribution in [2.75, 3.05) is 5.32 Å². The lowest BCUT2D eigenvalue weighted by molar-refractivity contribution is -0.137. The molecule has 142 valence electrons. The lowest BCUT2D eigenvalue weighted by Gasteiger charge is -2.10. The van der Waals surface area contributed by atoms with Gasteiger partial charge in [-0.25, -0.2) is 0 Å². The van der Waals surface area contributed by atoms with Crippen LogP contribution in [0.4, 0.5) is 23.7 Å². The van der Waals surface area contributed by atoms with Crippen LogP contribution < -0.4 is 11.1 Å². The van der Waals surface area contributed by atoms with Gasteiger partial charge >= 0.3 is 6.18 Å². The quantitative estimate of drug-likeness (QED) is 0.557. The Kier molecular flexibility index (Phi) is 6.62. The number of hydrogen-bond acceptors (Lipinski definition) is 4. The molecule has 0 radical (unpaired) electrons. The van der Waals surface area contributed by atoms with Gasteiger partial charge in [-0.3, -0.25) is 14.4 Å². The summed E-state index contributed by atoms with van der Waals surface area (Å²) in [5.41, 5.74) is 4.67. The van der Waals surface area contributed by atoms with Crippen molar-refractivity contribution >= 4 is 34.4 Å². The van der Waals surface area contributed by atoms with Crippen molar-refractivity contribution < 1.29 is 27.6 Å². The zero-order valence-corrected chi connectivity index (χ0v) is 14.7. The summed E-state index contributed by atoms with van der Waals surface area (Å²) < 4.78 is 37.7. The molecule has 0 saturated carbocycles. The third-order valence-electron chi connectivity index (χ3n) is 3.45. The highest BCUT2D eigenvalue weighted by molar-refractivity contribution is 8.14. The van der Waals surface area contributed by atoms with E-state index in [9.17, 15) is 27.6 Å². The average molecular weight is 396 g/mol. The zero-order valence-electron chi connectivity index (χ0n) is 13.9. The molecule has 0 aliphatic rings. The molecule has 0 fully saturated rings. The molecule has 9 heteroatoms. The average Bonchev–Trinajstić information content (AvgIpc) is 2.59. The number of anilines is 1. The van der Waals surface area contributed by atoms with E-state index in [4.69, 9.17) is 5.73 Å². The highest BCUT2D eigenvalue weighted by atomic mass is 32.2. The maximum absolute atomic E-state index is 12.6. The van der Waals surface area contributed by atoms with Crippen molar-refractivity contribution in [3.05, 3.63) is 59.7 Å². The van der Waals surface area contributed by atoms with Crippen molar-refractivity contribution in [2.24, 2.45) is 5.73 Å². The highest BCUT2D eigenvalue weighted by Crippen LogP contribution is 2.30. The standard InChI is InChI=1S/C18H15F3N2O3S/c19-18(20,21)11-5-7-12(8-6-11)23-17(26)27-15-4-2-1-3-13(15)14(24)9-10-16(22)25/h1-8H,9-10H2,(H2,22,25)(H,23,26). The van der Waals surface area contributed by atoms with Gasteiger partial charge in [0.05, 0.1) is 5.56 Å². The number of amides is 2. The van der Waals surface area contributed by atoms with Gasteiger partial charge < -0.3 is 11.1 Å². The number of hydrogen-bond donors (Lipinski definition) is 2. The number of thioether (sulfide) groups is 1. The monoisotopic (exact) mass is 396 g/mol. The van der Waals surface area contributed by atoms with Crippen LogP contribution in [0.3, 0.4) is 0 Å². The number of benzene rings is 2. The molecular weight excluding hydrogens is 381 g/mol. The zero-order chi connectivity index (χ0) is 20.0. The minimum Gasteiger partial charge on any atom is -0.370 e. The van der Waals surface area contributed by atoms with Crippen molar-refractivity contribution in [3.63, 3.8) is 0 Å². The van der Waals surface area contributed by atoms with E-state index in [1.165, 1.54) is 6.07 Å². The van der Waals surface area contributed by atoms with Gasteiger partial charge in [0.25, 0.3) is 5.24 Å². The molecule has 2 rings (SSSR count). The predicted octanol–water partition coefficient (Wildman–Crippen LogP) is 4.48. The summed E-state index contributed by atoms with van der Waals surface area (Å²) in [7, 11) is 0. The van der Waals surface area contributed by atoms with Crippen molar-refractivity contribution in [3.8, 4) is 0 Å². The smallest absolute Gasteiger partial charge is 0.370 e. The first kappa shape index (κ1) is 20.5. The molecular formula is C18H15F3N2O3S. The van der Waals surface area contributed by atoms with Crippen LogP contribution in [-0.2, 0) is 11.0 Å². The second kappa shape index (κ2) is 8.72. The Morgan fingerprint density at radius 3 is 2.19 bits per heavy atom. The van der Waals surface area contributed by atoms with Crippen LogP contribution in [0.2, 0.25) is 0 Å². The van der Waals surface area contributed by atoms with Crippen LogP contribution in [0.1, 0.15) is 28.8 Å². The Bertz CT molecular complexity index is 852. The summed E-state index contributed by atoms with van der Waals surface area (Å²) in [6.07, 6.45) is -4.63. The summed E-state index contributed by atoms with van der Waals surface area (Å²) in [4.78, 5) is 35.5. The molecule has 27 heavy (non-hydrogen) atoms. The van der Waals surface area contributed by atoms with Crippen molar-refractivity contribution in [2.45, 2.75) is 23.9 Å². The van der Waals surface area contributed by atoms with Crippen LogP contribution in [0, 0.1) is 0 Å². The van der Waals surface area contributed by atoms with Gasteiger partial charge in [0.15, 0.2) is 5.78 Å². The lowest BCUT2D eigenvalue weighted by Crippen LogP contribution is -2.13. The maximum atomic E-state index is 12.6. The van der Waals surface area contributed by atoms with E-state index in [2.05, 4.69) is 5.32 Å². The molecule has 0 aliphatic carbocycles. The Labute approximate surface area is 157 Å². The van der Waals surface area contributed by atoms with E-state index in [0.717, 1.165) is 36.0 Å². The number of nitrogens with one attached hydrogen (secondary N) is 1. The minimum atomic E-state index is -4.46. The van der Waals surface area contributed by atoms with E-state index < -0.39 is 22.9 Å². The predicted molar refractivity (Wildman–Crippen MR) is 95.5 cm³/mol. The van der Waals surface area contributed by atoms with Gasteiger partial charge in [0.1, 0.15) is 0 Å². The highest BCUT2D eigenvalue weighted by Gasteiger charge is 2.30. The molecule has 5 nitrogen and oxygen atoms in total. The molecule has 0 aromatic heterocycles. The van der Waals surface area contributed by atoms with Crippen LogP contribution >= 0.6 is 11.8 Å². The first-order valence-electron chi connectivity index (χ1n) is 7.73. The van der Waals surface area contributed by atoms with E-state index >= 15 is 0 Å². The Balaban J connectivity index is 2.05. The fourth-order valence-corrected chi connectivity index (χ4v) is 2.95. The van der Waals surface area contributed by atoms with Gasteiger partial charge in [0, 0.05) is 29.0 Å². The number of primary amides is 1. The first-order valence-corrected chi connectivity index (χ1v) is 8.55. The maximum Gasteiger partial charge on any atom is 0.416 e. The third kappa shape index (κ3) is 6.14. The molecule has 3 N–H and O–H groups in total. The van der Waals surface area contributed by atoms with Crippen molar-refractivity contribution in [1.82, 2.24) is 0 Å². The second-order valence-electron chi connectivity index (χ2n) is 5.48. The van der Waals surface area contributed by atoms with Crippen molar-refractivity contribution in [1.29, 1.82) is 0 Å². The summed E-state index contributed by atoms with van der Waals surface area (Å²) in [6.45, 7) is 0. The SMILES string of the molecule is NC(=O)CCC(=O)c1ccccc1SC(=O)Nc1ccc(C(F)(F)F)cc1. The molecule has 0 spiro atoms. The minimum absolute atomic E-state index is 0.0760. The number of carbonyl (C=O) groups is 3. The Morgan fingerprint density at radius 2 is 1.59 bits per heavy atom. The van der Waals surface area contributed by atoms with E-state index in [1.807, 2.05) is 0 Å². The molecule has 0 atom stereocenters. The first-order chi connectivity index (χ1) is 12.7. The number of ketones is 1. The van der Waals surface area contributed by atoms with Crippen LogP contribution in [0.25, 0.3) is 0 Å². The van der Waals surface area contributed by atoms with Crippen LogP contribution in [0.15, 0.2) is 53.4 Å². The number of carbonyl (C=O) groups excluding carboxylic acids is 3. The van der Waals surface area contributed by atoms with E-state index in [0.29, 0.717) is 4.90 Å². The van der Waals surface area contributed by atoms with Crippen LogP contribution in [0.5, 0.6) is 0 Å². The van der Waals surface area contributed by atoms with Crippen LogP contribution in [-0.4, -0.2) is 16.9 Å². The molecule has 0 unspecified atom stereocenters. The molecule has 2 amide bonds. The fraction of sp³-hybridized carbons (Fsp3) is 0.167. The van der Waals surface area contributed by atoms with Gasteiger partial charge in [-0.1, -0.05) is 18.2 Å². The molecule has 0 saturated heterocycles. The van der Waals surface area contributed by atoms with Gasteiger partial charge in [0.2, 0.25) is 5.91 Å². The Morgan fingerprint density at radius 1 is 0.963 bits per heavy atom. The largest absolute Gasteiger partial charge is 0.416 e. The third-order valence-corrected chi connectivity index (χ3v) is 4.31. The van der Waals surface area contributed by atoms with E-state index in [-0.39, 0.29) is 29.9 Å². The van der Waals surface area contributed by atoms with E-state index in [1.54, 1.807) is 18.2 Å². The second-order valence-corrected chi connectivity index (χ2v) is 6.49. The number of nitrogens with two attached hydrogens (primary N) is 1. The topological polar surface area (TPSA) is 89.3 Å². The molecule has 2 aromatic rings. The van der Waals surface area contributed by atoms with Gasteiger partial charge in [-0.2, -0.15) is 13.2 Å². The molecule has 2 aromatic carbocycles. The molecule has 0 heterocycles. The normalized spacial score (nSPS) is 11.1. The summed E-state index contributed by atoms with van der Waals surface area (Å²) >= 11 is 0.728. The van der Waals surface area contributed by atoms with Gasteiger partial charge in [-0.15, -0.1) is 0 Å². The number of rotatable bonds is 6. The Hall–Kier alpha value is -2.81. The fourth-order valence-electron chi connectivity index (χ4n) is 2.14. The number of Topliss-reactive ketones (excluding diaryl/α,β-unsaturated/α-hetero) is 1. The molecule has 0 bridgehead atoms. The lowest BCUT2D eigenvalue weighted by atomic mass is 10.1. The number of alkyl halides is 3. The summed E-state index contributed by atoms with van der Waals surface area (Å²) in [6, 6.07) is 10.4. The summed E-state index contributed by atoms with van der Waals surface area (Å²) in [5, 5.41) is 1.89.